The van der Waals surface area contributed by atoms with Crippen LogP contribution >= 0.6 is 0 Å². The van der Waals surface area contributed by atoms with Crippen LogP contribution in [0, 0.1) is 5.92 Å². The Morgan fingerprint density at radius 3 is 2.79 bits per heavy atom. The van der Waals surface area contributed by atoms with Gasteiger partial charge in [-0.3, -0.25) is 4.79 Å². The minimum absolute atomic E-state index is 0.0392. The zero-order chi connectivity index (χ0) is 13.5. The van der Waals surface area contributed by atoms with E-state index in [1.54, 1.807) is 0 Å². The van der Waals surface area contributed by atoms with Crippen molar-refractivity contribution in [1.82, 2.24) is 0 Å². The predicted octanol–water partition coefficient (Wildman–Crippen LogP) is 4.21. The Labute approximate surface area is 115 Å². The number of benzene rings is 1. The first kappa shape index (κ1) is 13.9. The van der Waals surface area contributed by atoms with Crippen molar-refractivity contribution in [3.05, 3.63) is 41.5 Å². The first-order chi connectivity index (χ1) is 9.31. The lowest BCUT2D eigenvalue weighted by Gasteiger charge is -2.16. The Kier molecular flexibility index (Phi) is 5.20. The second-order valence-electron chi connectivity index (χ2n) is 5.03. The largest absolute Gasteiger partial charge is 0.466 e. The highest BCUT2D eigenvalue weighted by molar-refractivity contribution is 5.78. The summed E-state index contributed by atoms with van der Waals surface area (Å²) in [4.78, 5) is 12.1. The molecule has 1 aromatic carbocycles. The molecule has 1 atom stereocenters. The molecule has 0 amide bonds. The molecule has 2 heteroatoms. The van der Waals surface area contributed by atoms with Crippen molar-refractivity contribution >= 4 is 12.0 Å². The lowest BCUT2D eigenvalue weighted by atomic mass is 9.92. The second-order valence-corrected chi connectivity index (χ2v) is 5.03. The van der Waals surface area contributed by atoms with E-state index < -0.39 is 0 Å². The summed E-state index contributed by atoms with van der Waals surface area (Å²) in [5, 5.41) is 0. The SMILES string of the molecule is CCOC(=O)[C@@H]1CCCCCC1=Cc1ccccc1. The molecule has 0 bridgehead atoms. The number of esters is 1. The zero-order valence-electron chi connectivity index (χ0n) is 11.6. The summed E-state index contributed by atoms with van der Waals surface area (Å²) in [6.45, 7) is 2.34. The number of hydrogen-bond acceptors (Lipinski definition) is 2. The molecule has 0 aliphatic heterocycles. The van der Waals surface area contributed by atoms with Gasteiger partial charge in [0, 0.05) is 0 Å². The Bertz CT molecular complexity index is 434. The third-order valence-corrected chi connectivity index (χ3v) is 3.63. The highest BCUT2D eigenvalue weighted by atomic mass is 16.5. The van der Waals surface area contributed by atoms with Crippen LogP contribution < -0.4 is 0 Å². The lowest BCUT2D eigenvalue weighted by Crippen LogP contribution is -2.19. The summed E-state index contributed by atoms with van der Waals surface area (Å²) < 4.78 is 5.23. The fourth-order valence-electron chi connectivity index (χ4n) is 2.66. The molecule has 0 saturated heterocycles. The van der Waals surface area contributed by atoms with Gasteiger partial charge in [-0.25, -0.2) is 0 Å². The van der Waals surface area contributed by atoms with Crippen LogP contribution in [0.25, 0.3) is 6.08 Å². The molecule has 0 spiro atoms. The average Bonchev–Trinajstić information content (AvgIpc) is 2.66. The number of rotatable bonds is 3. The number of carbonyl (C=O) groups excluding carboxylic acids is 1. The number of hydrogen-bond donors (Lipinski definition) is 0. The molecule has 0 radical (unpaired) electrons. The Morgan fingerprint density at radius 2 is 2.05 bits per heavy atom. The van der Waals surface area contributed by atoms with Gasteiger partial charge in [0.05, 0.1) is 12.5 Å². The summed E-state index contributed by atoms with van der Waals surface area (Å²) >= 11 is 0. The van der Waals surface area contributed by atoms with Crippen LogP contribution in [-0.4, -0.2) is 12.6 Å². The van der Waals surface area contributed by atoms with Gasteiger partial charge in [0.15, 0.2) is 0 Å². The van der Waals surface area contributed by atoms with Gasteiger partial charge in [-0.2, -0.15) is 0 Å². The molecule has 1 aromatic rings. The summed E-state index contributed by atoms with van der Waals surface area (Å²) in [7, 11) is 0. The normalized spacial score (nSPS) is 21.9. The van der Waals surface area contributed by atoms with E-state index in [1.807, 2.05) is 25.1 Å². The van der Waals surface area contributed by atoms with Gasteiger partial charge in [0.25, 0.3) is 0 Å². The molecule has 2 nitrogen and oxygen atoms in total. The summed E-state index contributed by atoms with van der Waals surface area (Å²) in [6, 6.07) is 10.2. The molecule has 2 rings (SSSR count). The van der Waals surface area contributed by atoms with Crippen LogP contribution in [0.3, 0.4) is 0 Å². The number of carbonyl (C=O) groups is 1. The van der Waals surface area contributed by atoms with Gasteiger partial charge >= 0.3 is 5.97 Å². The van der Waals surface area contributed by atoms with Crippen molar-refractivity contribution < 1.29 is 9.53 Å². The summed E-state index contributed by atoms with van der Waals surface area (Å²) in [5.41, 5.74) is 2.41. The van der Waals surface area contributed by atoms with Gasteiger partial charge in [-0.1, -0.05) is 54.8 Å². The van der Waals surface area contributed by atoms with E-state index in [-0.39, 0.29) is 11.9 Å². The van der Waals surface area contributed by atoms with E-state index in [2.05, 4.69) is 18.2 Å². The van der Waals surface area contributed by atoms with Crippen molar-refractivity contribution in [1.29, 1.82) is 0 Å². The van der Waals surface area contributed by atoms with Crippen LogP contribution in [0.2, 0.25) is 0 Å². The molecule has 1 aliphatic rings. The molecular weight excluding hydrogens is 236 g/mol. The van der Waals surface area contributed by atoms with Crippen molar-refractivity contribution in [3.63, 3.8) is 0 Å². The Morgan fingerprint density at radius 1 is 1.26 bits per heavy atom. The predicted molar refractivity (Wildman–Crippen MR) is 77.6 cm³/mol. The molecule has 102 valence electrons. The molecule has 0 heterocycles. The zero-order valence-corrected chi connectivity index (χ0v) is 11.6. The maximum Gasteiger partial charge on any atom is 0.313 e. The molecule has 1 saturated carbocycles. The monoisotopic (exact) mass is 258 g/mol. The topological polar surface area (TPSA) is 26.3 Å². The highest BCUT2D eigenvalue weighted by Gasteiger charge is 2.25. The van der Waals surface area contributed by atoms with E-state index in [4.69, 9.17) is 4.74 Å². The van der Waals surface area contributed by atoms with Gasteiger partial charge in [-0.15, -0.1) is 0 Å². The quantitative estimate of drug-likeness (QED) is 0.599. The molecule has 19 heavy (non-hydrogen) atoms. The summed E-state index contributed by atoms with van der Waals surface area (Å²) in [6.07, 6.45) is 7.62. The highest BCUT2D eigenvalue weighted by Crippen LogP contribution is 2.30. The molecule has 1 fully saturated rings. The minimum atomic E-state index is -0.0495. The van der Waals surface area contributed by atoms with E-state index in [9.17, 15) is 4.79 Å². The van der Waals surface area contributed by atoms with E-state index in [0.717, 1.165) is 19.3 Å². The van der Waals surface area contributed by atoms with E-state index in [1.165, 1.54) is 24.0 Å². The van der Waals surface area contributed by atoms with Crippen LogP contribution in [0.4, 0.5) is 0 Å². The third-order valence-electron chi connectivity index (χ3n) is 3.63. The number of ether oxygens (including phenoxy) is 1. The van der Waals surface area contributed by atoms with E-state index in [0.29, 0.717) is 6.61 Å². The third kappa shape index (κ3) is 3.95. The molecule has 0 unspecified atom stereocenters. The average molecular weight is 258 g/mol. The first-order valence-electron chi connectivity index (χ1n) is 7.23. The van der Waals surface area contributed by atoms with Crippen LogP contribution in [0.1, 0.15) is 44.6 Å². The van der Waals surface area contributed by atoms with E-state index >= 15 is 0 Å². The molecule has 1 aliphatic carbocycles. The maximum absolute atomic E-state index is 12.1. The van der Waals surface area contributed by atoms with Crippen LogP contribution in [-0.2, 0) is 9.53 Å². The van der Waals surface area contributed by atoms with Crippen molar-refractivity contribution in [2.75, 3.05) is 6.61 Å². The Balaban J connectivity index is 2.22. The van der Waals surface area contributed by atoms with Gasteiger partial charge in [0.1, 0.15) is 0 Å². The minimum Gasteiger partial charge on any atom is -0.466 e. The van der Waals surface area contributed by atoms with Crippen molar-refractivity contribution in [3.8, 4) is 0 Å². The second kappa shape index (κ2) is 7.13. The van der Waals surface area contributed by atoms with Gasteiger partial charge in [-0.05, 0) is 31.7 Å². The van der Waals surface area contributed by atoms with Gasteiger partial charge < -0.3 is 4.74 Å². The van der Waals surface area contributed by atoms with Crippen LogP contribution in [0.15, 0.2) is 35.9 Å². The lowest BCUT2D eigenvalue weighted by molar-refractivity contribution is -0.146. The maximum atomic E-state index is 12.1. The molecular formula is C17H22O2. The molecule has 0 N–H and O–H groups in total. The summed E-state index contributed by atoms with van der Waals surface area (Å²) in [5.74, 6) is -0.0887. The van der Waals surface area contributed by atoms with Crippen molar-refractivity contribution in [2.45, 2.75) is 39.0 Å². The first-order valence-corrected chi connectivity index (χ1v) is 7.23. The molecule has 0 aromatic heterocycles. The fourth-order valence-corrected chi connectivity index (χ4v) is 2.66. The van der Waals surface area contributed by atoms with Crippen LogP contribution in [0.5, 0.6) is 0 Å². The Hall–Kier alpha value is -1.57. The smallest absolute Gasteiger partial charge is 0.313 e. The fraction of sp³-hybridized carbons (Fsp3) is 0.471. The van der Waals surface area contributed by atoms with Gasteiger partial charge in [0.2, 0.25) is 0 Å². The van der Waals surface area contributed by atoms with Crippen molar-refractivity contribution in [2.24, 2.45) is 5.92 Å². The standard InChI is InChI=1S/C17H22O2/c1-2-19-17(18)16-12-8-4-7-11-15(16)13-14-9-5-3-6-10-14/h3,5-6,9-10,13,16H,2,4,7-8,11-12H2,1H3/t16-/m1/s1.